The molecule has 5 nitrogen and oxygen atoms in total. The lowest BCUT2D eigenvalue weighted by Crippen LogP contribution is -2.33. The second-order valence-corrected chi connectivity index (χ2v) is 4.34. The number of benzene rings is 1. The molecule has 0 fully saturated rings. The Hall–Kier alpha value is -1.82. The molecular weight excluding hydrogens is 252 g/mol. The molecule has 98 valence electrons. The van der Waals surface area contributed by atoms with E-state index in [1.54, 1.807) is 12.1 Å². The summed E-state index contributed by atoms with van der Waals surface area (Å²) in [6.45, 7) is 2.14. The van der Waals surface area contributed by atoms with Crippen molar-refractivity contribution < 1.29 is 14.6 Å². The fourth-order valence-electron chi connectivity index (χ4n) is 1.31. The van der Waals surface area contributed by atoms with Crippen molar-refractivity contribution in [1.29, 1.82) is 0 Å². The Kier molecular flexibility index (Phi) is 4.91. The SMILES string of the molecule is COc1cccc(C(=O)NCC(C)C(N)=S)c1O. The van der Waals surface area contributed by atoms with Crippen LogP contribution in [0.15, 0.2) is 18.2 Å². The average Bonchev–Trinajstić information content (AvgIpc) is 2.35. The number of nitrogens with one attached hydrogen (secondary N) is 1. The number of carbonyl (C=O) groups is 1. The zero-order valence-corrected chi connectivity index (χ0v) is 11.1. The molecule has 1 aromatic rings. The number of phenols is 1. The topological polar surface area (TPSA) is 84.6 Å². The Labute approximate surface area is 111 Å². The molecule has 0 aliphatic rings. The number of thiocarbonyl (C=S) groups is 1. The van der Waals surface area contributed by atoms with E-state index in [1.807, 2.05) is 6.92 Å². The fraction of sp³-hybridized carbons (Fsp3) is 0.333. The number of methoxy groups -OCH3 is 1. The molecule has 0 radical (unpaired) electrons. The zero-order valence-electron chi connectivity index (χ0n) is 10.3. The molecule has 1 rings (SSSR count). The highest BCUT2D eigenvalue weighted by Gasteiger charge is 2.15. The third-order valence-corrected chi connectivity index (χ3v) is 2.92. The molecule has 0 heterocycles. The second kappa shape index (κ2) is 6.20. The van der Waals surface area contributed by atoms with Gasteiger partial charge in [0.15, 0.2) is 11.5 Å². The van der Waals surface area contributed by atoms with Gasteiger partial charge in [-0.15, -0.1) is 0 Å². The maximum atomic E-state index is 11.8. The highest BCUT2D eigenvalue weighted by Crippen LogP contribution is 2.29. The number of hydrogen-bond acceptors (Lipinski definition) is 4. The highest BCUT2D eigenvalue weighted by molar-refractivity contribution is 7.80. The summed E-state index contributed by atoms with van der Waals surface area (Å²) in [4.78, 5) is 12.2. The van der Waals surface area contributed by atoms with Gasteiger partial charge in [0.2, 0.25) is 0 Å². The normalized spacial score (nSPS) is 11.7. The van der Waals surface area contributed by atoms with E-state index in [9.17, 15) is 9.90 Å². The first-order chi connectivity index (χ1) is 8.47. The van der Waals surface area contributed by atoms with Crippen LogP contribution in [0.1, 0.15) is 17.3 Å². The molecule has 1 amide bonds. The Balaban J connectivity index is 2.76. The van der Waals surface area contributed by atoms with Crippen molar-refractivity contribution >= 4 is 23.1 Å². The number of ether oxygens (including phenoxy) is 1. The van der Waals surface area contributed by atoms with E-state index >= 15 is 0 Å². The molecule has 0 bridgehead atoms. The summed E-state index contributed by atoms with van der Waals surface area (Å²) < 4.78 is 4.93. The number of amides is 1. The van der Waals surface area contributed by atoms with E-state index in [-0.39, 0.29) is 23.0 Å². The van der Waals surface area contributed by atoms with Crippen molar-refractivity contribution in [2.45, 2.75) is 6.92 Å². The van der Waals surface area contributed by atoms with Gasteiger partial charge in [-0.05, 0) is 12.1 Å². The quantitative estimate of drug-likeness (QED) is 0.695. The van der Waals surface area contributed by atoms with Gasteiger partial charge in [-0.25, -0.2) is 0 Å². The van der Waals surface area contributed by atoms with Crippen LogP contribution in [0.4, 0.5) is 0 Å². The number of carbonyl (C=O) groups excluding carboxylic acids is 1. The molecule has 4 N–H and O–H groups in total. The van der Waals surface area contributed by atoms with Gasteiger partial charge < -0.3 is 20.9 Å². The molecule has 0 aliphatic carbocycles. The molecule has 1 unspecified atom stereocenters. The molecule has 0 aliphatic heterocycles. The van der Waals surface area contributed by atoms with Crippen LogP contribution in [0.3, 0.4) is 0 Å². The largest absolute Gasteiger partial charge is 0.504 e. The first-order valence-electron chi connectivity index (χ1n) is 5.40. The molecule has 0 spiro atoms. The lowest BCUT2D eigenvalue weighted by Gasteiger charge is -2.12. The monoisotopic (exact) mass is 268 g/mol. The van der Waals surface area contributed by atoms with Crippen LogP contribution in [0.25, 0.3) is 0 Å². The van der Waals surface area contributed by atoms with Crippen LogP contribution < -0.4 is 15.8 Å². The van der Waals surface area contributed by atoms with Gasteiger partial charge in [0.1, 0.15) is 0 Å². The minimum atomic E-state index is -0.394. The van der Waals surface area contributed by atoms with Crippen LogP contribution in [0, 0.1) is 5.92 Å². The van der Waals surface area contributed by atoms with E-state index in [1.165, 1.54) is 13.2 Å². The molecule has 6 heteroatoms. The molecule has 1 aromatic carbocycles. The summed E-state index contributed by atoms with van der Waals surface area (Å²) in [7, 11) is 1.42. The van der Waals surface area contributed by atoms with Crippen LogP contribution in [0.2, 0.25) is 0 Å². The number of rotatable bonds is 5. The van der Waals surface area contributed by atoms with E-state index in [0.717, 1.165) is 0 Å². The average molecular weight is 268 g/mol. The van der Waals surface area contributed by atoms with Crippen LogP contribution in [-0.2, 0) is 0 Å². The van der Waals surface area contributed by atoms with Crippen molar-refractivity contribution in [3.8, 4) is 11.5 Å². The minimum Gasteiger partial charge on any atom is -0.504 e. The maximum Gasteiger partial charge on any atom is 0.255 e. The number of phenolic OH excluding ortho intramolecular Hbond substituents is 1. The summed E-state index contributed by atoms with van der Waals surface area (Å²) in [5.74, 6) is -0.420. The number of para-hydroxylation sites is 1. The second-order valence-electron chi connectivity index (χ2n) is 3.87. The zero-order chi connectivity index (χ0) is 13.7. The van der Waals surface area contributed by atoms with Gasteiger partial charge in [-0.2, -0.15) is 0 Å². The highest BCUT2D eigenvalue weighted by atomic mass is 32.1. The van der Waals surface area contributed by atoms with Crippen LogP contribution >= 0.6 is 12.2 Å². The van der Waals surface area contributed by atoms with E-state index < -0.39 is 5.91 Å². The third kappa shape index (κ3) is 3.33. The van der Waals surface area contributed by atoms with Gasteiger partial charge in [0.05, 0.1) is 17.7 Å². The Morgan fingerprint density at radius 1 is 1.61 bits per heavy atom. The lowest BCUT2D eigenvalue weighted by molar-refractivity contribution is 0.0948. The molecule has 18 heavy (non-hydrogen) atoms. The van der Waals surface area contributed by atoms with Crippen molar-refractivity contribution in [3.63, 3.8) is 0 Å². The standard InChI is InChI=1S/C12H16N2O3S/c1-7(11(13)18)6-14-12(16)8-4-3-5-9(17-2)10(8)15/h3-5,7,15H,6H2,1-2H3,(H2,13,18)(H,14,16). The summed E-state index contributed by atoms with van der Waals surface area (Å²) in [6, 6.07) is 4.72. The first kappa shape index (κ1) is 14.2. The number of hydrogen-bond donors (Lipinski definition) is 3. The predicted octanol–water partition coefficient (Wildman–Crippen LogP) is 1.05. The Morgan fingerprint density at radius 3 is 2.83 bits per heavy atom. The summed E-state index contributed by atoms with van der Waals surface area (Å²) in [6.07, 6.45) is 0. The molecule has 0 aromatic heterocycles. The first-order valence-corrected chi connectivity index (χ1v) is 5.81. The van der Waals surface area contributed by atoms with Crippen molar-refractivity contribution in [2.24, 2.45) is 11.7 Å². The van der Waals surface area contributed by atoms with Gasteiger partial charge in [-0.1, -0.05) is 25.2 Å². The maximum absolute atomic E-state index is 11.8. The lowest BCUT2D eigenvalue weighted by atomic mass is 10.1. The van der Waals surface area contributed by atoms with Gasteiger partial charge in [-0.3, -0.25) is 4.79 Å². The van der Waals surface area contributed by atoms with Crippen molar-refractivity contribution in [2.75, 3.05) is 13.7 Å². The van der Waals surface area contributed by atoms with E-state index in [4.69, 9.17) is 22.7 Å². The van der Waals surface area contributed by atoms with Gasteiger partial charge >= 0.3 is 0 Å². The summed E-state index contributed by atoms with van der Waals surface area (Å²) >= 11 is 4.81. The predicted molar refractivity (Wildman–Crippen MR) is 72.9 cm³/mol. The number of nitrogens with two attached hydrogens (primary N) is 1. The third-order valence-electron chi connectivity index (χ3n) is 2.52. The Morgan fingerprint density at radius 2 is 2.28 bits per heavy atom. The van der Waals surface area contributed by atoms with Gasteiger partial charge in [0, 0.05) is 12.5 Å². The van der Waals surface area contributed by atoms with Crippen molar-refractivity contribution in [1.82, 2.24) is 5.32 Å². The van der Waals surface area contributed by atoms with E-state index in [0.29, 0.717) is 11.5 Å². The summed E-state index contributed by atoms with van der Waals surface area (Å²) in [5.41, 5.74) is 5.60. The van der Waals surface area contributed by atoms with Gasteiger partial charge in [0.25, 0.3) is 5.91 Å². The molecule has 0 saturated heterocycles. The fourth-order valence-corrected chi connectivity index (χ4v) is 1.40. The Bertz CT molecular complexity index is 463. The number of aromatic hydroxyl groups is 1. The smallest absolute Gasteiger partial charge is 0.255 e. The molecule has 0 saturated carbocycles. The molecular formula is C12H16N2O3S. The molecule has 1 atom stereocenters. The summed E-state index contributed by atoms with van der Waals surface area (Å²) in [5, 5.41) is 12.4. The van der Waals surface area contributed by atoms with Crippen LogP contribution in [-0.4, -0.2) is 29.7 Å². The van der Waals surface area contributed by atoms with E-state index in [2.05, 4.69) is 5.32 Å². The van der Waals surface area contributed by atoms with Crippen molar-refractivity contribution in [3.05, 3.63) is 23.8 Å². The van der Waals surface area contributed by atoms with Crippen LogP contribution in [0.5, 0.6) is 11.5 Å². The minimum absolute atomic E-state index is 0.100.